The zero-order chi connectivity index (χ0) is 22.1. The van der Waals surface area contributed by atoms with Crippen LogP contribution >= 0.6 is 11.6 Å². The van der Waals surface area contributed by atoms with Crippen molar-refractivity contribution in [3.05, 3.63) is 39.2 Å². The average molecular weight is 436 g/mol. The molecule has 8 heteroatoms. The minimum Gasteiger partial charge on any atom is -0.444 e. The maximum Gasteiger partial charge on any atom is 0.411 e. The van der Waals surface area contributed by atoms with Crippen molar-refractivity contribution in [2.24, 2.45) is 0 Å². The lowest BCUT2D eigenvalue weighted by Gasteiger charge is -2.27. The molecule has 0 bridgehead atoms. The molecule has 1 atom stereocenters. The molecule has 2 aromatic rings. The molecular formula is C22H26ClNO6. The van der Waals surface area contributed by atoms with Crippen LogP contribution in [0.2, 0.25) is 5.02 Å². The first-order valence-corrected chi connectivity index (χ1v) is 10.4. The molecule has 1 aromatic carbocycles. The van der Waals surface area contributed by atoms with E-state index in [0.29, 0.717) is 36.8 Å². The van der Waals surface area contributed by atoms with Crippen LogP contribution in [0.1, 0.15) is 52.5 Å². The molecular weight excluding hydrogens is 410 g/mol. The molecule has 0 radical (unpaired) electrons. The van der Waals surface area contributed by atoms with Gasteiger partial charge in [0.1, 0.15) is 17.2 Å². The molecule has 7 nitrogen and oxygen atoms in total. The fourth-order valence-electron chi connectivity index (χ4n) is 3.51. The zero-order valence-electron chi connectivity index (χ0n) is 17.6. The lowest BCUT2D eigenvalue weighted by Crippen LogP contribution is -2.44. The van der Waals surface area contributed by atoms with Gasteiger partial charge in [-0.3, -0.25) is 4.90 Å². The molecule has 0 unspecified atom stereocenters. The standard InChI is InChI=1S/C22H26ClNO6/c1-5-7-13-10-19(25)28-17-12-18(15(23)11-14(13)17)29-20(26)16-8-6-9-24(16)21(27)30-22(2,3)4/h10-12,16H,5-9H2,1-4H3/t16-/m1/s1. The lowest BCUT2D eigenvalue weighted by molar-refractivity contribution is -0.139. The Morgan fingerprint density at radius 2 is 2.00 bits per heavy atom. The van der Waals surface area contributed by atoms with Crippen LogP contribution in [0.5, 0.6) is 5.75 Å². The largest absolute Gasteiger partial charge is 0.444 e. The topological polar surface area (TPSA) is 86.0 Å². The normalized spacial score (nSPS) is 16.7. The monoisotopic (exact) mass is 435 g/mol. The van der Waals surface area contributed by atoms with Gasteiger partial charge >= 0.3 is 17.7 Å². The molecule has 162 valence electrons. The quantitative estimate of drug-likeness (QED) is 0.393. The summed E-state index contributed by atoms with van der Waals surface area (Å²) in [6.07, 6.45) is 2.14. The number of carbonyl (C=O) groups excluding carboxylic acids is 2. The summed E-state index contributed by atoms with van der Waals surface area (Å²) in [7, 11) is 0. The Hall–Kier alpha value is -2.54. The van der Waals surface area contributed by atoms with Crippen molar-refractivity contribution in [2.75, 3.05) is 6.54 Å². The van der Waals surface area contributed by atoms with Gasteiger partial charge < -0.3 is 13.9 Å². The van der Waals surface area contributed by atoms with Crippen LogP contribution in [0.3, 0.4) is 0 Å². The Balaban J connectivity index is 1.84. The number of rotatable bonds is 4. The van der Waals surface area contributed by atoms with Crippen molar-refractivity contribution in [1.82, 2.24) is 4.90 Å². The second-order valence-electron chi connectivity index (χ2n) is 8.37. The summed E-state index contributed by atoms with van der Waals surface area (Å²) in [6.45, 7) is 7.72. The first kappa shape index (κ1) is 22.2. The molecule has 1 amide bonds. The number of hydrogen-bond donors (Lipinski definition) is 0. The number of halogens is 1. The van der Waals surface area contributed by atoms with E-state index in [1.54, 1.807) is 26.8 Å². The van der Waals surface area contributed by atoms with E-state index in [1.165, 1.54) is 17.0 Å². The molecule has 1 aliphatic heterocycles. The number of nitrogens with zero attached hydrogens (tertiary/aromatic N) is 1. The first-order chi connectivity index (χ1) is 14.1. The molecule has 0 saturated carbocycles. The van der Waals surface area contributed by atoms with Gasteiger partial charge in [0.25, 0.3) is 0 Å². The van der Waals surface area contributed by atoms with Gasteiger partial charge in [-0.05, 0) is 51.7 Å². The summed E-state index contributed by atoms with van der Waals surface area (Å²) in [5.74, 6) is -0.520. The molecule has 1 saturated heterocycles. The van der Waals surface area contributed by atoms with Crippen molar-refractivity contribution >= 4 is 34.6 Å². The van der Waals surface area contributed by atoms with Crippen LogP contribution in [0.25, 0.3) is 11.0 Å². The van der Waals surface area contributed by atoms with Crippen LogP contribution in [-0.4, -0.2) is 35.2 Å². The predicted octanol–water partition coefficient (Wildman–Crippen LogP) is 4.70. The van der Waals surface area contributed by atoms with Crippen LogP contribution in [0, 0.1) is 0 Å². The van der Waals surface area contributed by atoms with E-state index >= 15 is 0 Å². The summed E-state index contributed by atoms with van der Waals surface area (Å²) >= 11 is 6.35. The van der Waals surface area contributed by atoms with Gasteiger partial charge in [0, 0.05) is 24.1 Å². The third kappa shape index (κ3) is 4.95. The number of aryl methyl sites for hydroxylation is 1. The predicted molar refractivity (Wildman–Crippen MR) is 113 cm³/mol. The molecule has 0 N–H and O–H groups in total. The molecule has 1 aliphatic rings. The summed E-state index contributed by atoms with van der Waals surface area (Å²) in [5, 5.41) is 0.932. The van der Waals surface area contributed by atoms with Crippen molar-refractivity contribution < 1.29 is 23.5 Å². The van der Waals surface area contributed by atoms with Crippen LogP contribution in [-0.2, 0) is 16.0 Å². The minimum atomic E-state index is -0.759. The summed E-state index contributed by atoms with van der Waals surface area (Å²) in [6, 6.07) is 3.77. The molecule has 30 heavy (non-hydrogen) atoms. The highest BCUT2D eigenvalue weighted by atomic mass is 35.5. The van der Waals surface area contributed by atoms with Gasteiger partial charge in [0.05, 0.1) is 5.02 Å². The maximum atomic E-state index is 12.8. The molecule has 0 spiro atoms. The van der Waals surface area contributed by atoms with Crippen LogP contribution in [0.4, 0.5) is 4.79 Å². The van der Waals surface area contributed by atoms with E-state index in [0.717, 1.165) is 12.0 Å². The smallest absolute Gasteiger partial charge is 0.411 e. The van der Waals surface area contributed by atoms with Crippen molar-refractivity contribution in [1.29, 1.82) is 0 Å². The van der Waals surface area contributed by atoms with Gasteiger partial charge in [-0.15, -0.1) is 0 Å². The number of hydrogen-bond acceptors (Lipinski definition) is 6. The maximum absolute atomic E-state index is 12.8. The second kappa shape index (κ2) is 8.68. The first-order valence-electron chi connectivity index (χ1n) is 10.1. The summed E-state index contributed by atoms with van der Waals surface area (Å²) in [4.78, 5) is 38.5. The highest BCUT2D eigenvalue weighted by Gasteiger charge is 2.38. The number of ether oxygens (including phenoxy) is 2. The molecule has 2 heterocycles. The van der Waals surface area contributed by atoms with Gasteiger partial charge in [-0.2, -0.15) is 0 Å². The Kier molecular flexibility index (Phi) is 6.41. The second-order valence-corrected chi connectivity index (χ2v) is 8.78. The molecule has 0 aliphatic carbocycles. The summed E-state index contributed by atoms with van der Waals surface area (Å²) < 4.78 is 16.2. The Morgan fingerprint density at radius 3 is 2.67 bits per heavy atom. The van der Waals surface area contributed by atoms with Gasteiger partial charge in [0.15, 0.2) is 5.75 Å². The highest BCUT2D eigenvalue weighted by molar-refractivity contribution is 6.33. The number of amides is 1. The average Bonchev–Trinajstić information content (AvgIpc) is 3.12. The summed E-state index contributed by atoms with van der Waals surface area (Å²) in [5.41, 5.74) is -0.00907. The minimum absolute atomic E-state index is 0.0852. The van der Waals surface area contributed by atoms with Crippen LogP contribution in [0.15, 0.2) is 27.4 Å². The number of fused-ring (bicyclic) bond motifs is 1. The van der Waals surface area contributed by atoms with Crippen molar-refractivity contribution in [2.45, 2.75) is 65.0 Å². The van der Waals surface area contributed by atoms with E-state index < -0.39 is 29.3 Å². The zero-order valence-corrected chi connectivity index (χ0v) is 18.4. The van der Waals surface area contributed by atoms with E-state index in [4.69, 9.17) is 25.5 Å². The number of benzene rings is 1. The van der Waals surface area contributed by atoms with Gasteiger partial charge in [-0.25, -0.2) is 14.4 Å². The number of esters is 1. The Labute approximate surface area is 179 Å². The van der Waals surface area contributed by atoms with E-state index in [9.17, 15) is 14.4 Å². The molecule has 1 aromatic heterocycles. The van der Waals surface area contributed by atoms with E-state index in [-0.39, 0.29) is 10.8 Å². The lowest BCUT2D eigenvalue weighted by atomic mass is 10.1. The van der Waals surface area contributed by atoms with E-state index in [1.807, 2.05) is 6.92 Å². The number of carbonyl (C=O) groups is 2. The molecule has 3 rings (SSSR count). The fourth-order valence-corrected chi connectivity index (χ4v) is 3.71. The van der Waals surface area contributed by atoms with Crippen LogP contribution < -0.4 is 10.4 Å². The third-order valence-electron chi connectivity index (χ3n) is 4.77. The third-order valence-corrected chi connectivity index (χ3v) is 5.06. The van der Waals surface area contributed by atoms with Gasteiger partial charge in [0.2, 0.25) is 0 Å². The van der Waals surface area contributed by atoms with Gasteiger partial charge in [-0.1, -0.05) is 24.9 Å². The number of likely N-dealkylation sites (tertiary alicyclic amines) is 1. The van der Waals surface area contributed by atoms with Crippen molar-refractivity contribution in [3.63, 3.8) is 0 Å². The Bertz CT molecular complexity index is 1020. The molecule has 1 fully saturated rings. The van der Waals surface area contributed by atoms with Crippen molar-refractivity contribution in [3.8, 4) is 5.75 Å². The Morgan fingerprint density at radius 1 is 1.27 bits per heavy atom. The SMILES string of the molecule is CCCc1cc(=O)oc2cc(OC(=O)[C@H]3CCCN3C(=O)OC(C)(C)C)c(Cl)cc12. The fraction of sp³-hybridized carbons (Fsp3) is 0.500. The highest BCUT2D eigenvalue weighted by Crippen LogP contribution is 2.33. The van der Waals surface area contributed by atoms with E-state index in [2.05, 4.69) is 0 Å².